The summed E-state index contributed by atoms with van der Waals surface area (Å²) >= 11 is 7.06. The van der Waals surface area contributed by atoms with Gasteiger partial charge in [-0.1, -0.05) is 12.1 Å². The Balaban J connectivity index is 2.49. The number of carbonyl (C=O) groups is 1. The van der Waals surface area contributed by atoms with E-state index in [0.29, 0.717) is 18.5 Å². The normalized spacial score (nSPS) is 9.76. The van der Waals surface area contributed by atoms with Gasteiger partial charge in [0.05, 0.1) is 5.56 Å². The van der Waals surface area contributed by atoms with Gasteiger partial charge in [0.25, 0.3) is 5.91 Å². The maximum absolute atomic E-state index is 11.8. The number of thiocarbonyl (C=S) groups is 1. The molecule has 1 aromatic carbocycles. The van der Waals surface area contributed by atoms with Crippen molar-refractivity contribution in [2.45, 2.75) is 6.42 Å². The number of hydrogen-bond donors (Lipinski definition) is 3. The fraction of sp³-hybridized carbons (Fsp3) is 0.273. The van der Waals surface area contributed by atoms with Crippen molar-refractivity contribution in [2.24, 2.45) is 0 Å². The van der Waals surface area contributed by atoms with Crippen LogP contribution in [0, 0.1) is 3.57 Å². The number of benzene rings is 1. The lowest BCUT2D eigenvalue weighted by atomic mass is 10.2. The zero-order valence-electron chi connectivity index (χ0n) is 9.07. The minimum absolute atomic E-state index is 0.0974. The maximum atomic E-state index is 11.8. The third-order valence-corrected chi connectivity index (χ3v) is 3.15. The van der Waals surface area contributed by atoms with Crippen LogP contribution in [-0.4, -0.2) is 29.3 Å². The van der Waals surface area contributed by atoms with Gasteiger partial charge in [-0.3, -0.25) is 10.1 Å². The lowest BCUT2D eigenvalue weighted by Gasteiger charge is -2.09. The minimum Gasteiger partial charge on any atom is -0.396 e. The van der Waals surface area contributed by atoms with E-state index in [2.05, 4.69) is 33.2 Å². The van der Waals surface area contributed by atoms with E-state index in [-0.39, 0.29) is 17.6 Å². The molecule has 3 N–H and O–H groups in total. The molecule has 0 aliphatic carbocycles. The number of nitrogens with one attached hydrogen (secondary N) is 2. The Morgan fingerprint density at radius 3 is 2.76 bits per heavy atom. The highest BCUT2D eigenvalue weighted by molar-refractivity contribution is 14.1. The van der Waals surface area contributed by atoms with Crippen LogP contribution < -0.4 is 10.6 Å². The predicted molar refractivity (Wildman–Crippen MR) is 78.9 cm³/mol. The lowest BCUT2D eigenvalue weighted by molar-refractivity contribution is 0.0976. The Hall–Kier alpha value is -0.730. The van der Waals surface area contributed by atoms with Crippen LogP contribution in [0.5, 0.6) is 0 Å². The zero-order valence-corrected chi connectivity index (χ0v) is 12.0. The van der Waals surface area contributed by atoms with E-state index in [4.69, 9.17) is 17.3 Å². The Bertz CT molecular complexity index is 412. The molecule has 0 radical (unpaired) electrons. The average Bonchev–Trinajstić information content (AvgIpc) is 2.29. The van der Waals surface area contributed by atoms with Crippen LogP contribution in [0.2, 0.25) is 0 Å². The van der Waals surface area contributed by atoms with Gasteiger partial charge in [-0.2, -0.15) is 0 Å². The smallest absolute Gasteiger partial charge is 0.258 e. The van der Waals surface area contributed by atoms with Crippen molar-refractivity contribution in [1.82, 2.24) is 10.6 Å². The molecule has 0 unspecified atom stereocenters. The Morgan fingerprint density at radius 2 is 2.12 bits per heavy atom. The molecule has 0 bridgehead atoms. The third-order valence-electron chi connectivity index (χ3n) is 1.97. The summed E-state index contributed by atoms with van der Waals surface area (Å²) < 4.78 is 0.876. The molecular formula is C11H13IN2O2S. The van der Waals surface area contributed by atoms with Crippen LogP contribution in [0.4, 0.5) is 0 Å². The molecule has 6 heteroatoms. The van der Waals surface area contributed by atoms with Crippen molar-refractivity contribution in [3.8, 4) is 0 Å². The van der Waals surface area contributed by atoms with E-state index in [1.807, 2.05) is 12.1 Å². The van der Waals surface area contributed by atoms with Gasteiger partial charge >= 0.3 is 0 Å². The van der Waals surface area contributed by atoms with Crippen LogP contribution in [0.1, 0.15) is 16.8 Å². The fourth-order valence-electron chi connectivity index (χ4n) is 1.14. The summed E-state index contributed by atoms with van der Waals surface area (Å²) in [6.45, 7) is 0.641. The van der Waals surface area contributed by atoms with Crippen LogP contribution in [0.25, 0.3) is 0 Å². The molecule has 0 fully saturated rings. The number of halogens is 1. The van der Waals surface area contributed by atoms with Crippen molar-refractivity contribution < 1.29 is 9.90 Å². The van der Waals surface area contributed by atoms with E-state index in [1.165, 1.54) is 0 Å². The second kappa shape index (κ2) is 7.57. The number of rotatable bonds is 4. The minimum atomic E-state index is -0.225. The van der Waals surface area contributed by atoms with Gasteiger partial charge in [0.15, 0.2) is 5.11 Å². The van der Waals surface area contributed by atoms with Gasteiger partial charge in [0.1, 0.15) is 0 Å². The second-order valence-electron chi connectivity index (χ2n) is 3.27. The van der Waals surface area contributed by atoms with Crippen molar-refractivity contribution in [3.05, 3.63) is 33.4 Å². The average molecular weight is 364 g/mol. The second-order valence-corrected chi connectivity index (χ2v) is 4.84. The van der Waals surface area contributed by atoms with E-state index in [0.717, 1.165) is 3.57 Å². The van der Waals surface area contributed by atoms with E-state index >= 15 is 0 Å². The van der Waals surface area contributed by atoms with Gasteiger partial charge in [0.2, 0.25) is 0 Å². The van der Waals surface area contributed by atoms with Crippen molar-refractivity contribution in [1.29, 1.82) is 0 Å². The van der Waals surface area contributed by atoms with Crippen molar-refractivity contribution >= 4 is 45.8 Å². The number of amides is 1. The van der Waals surface area contributed by atoms with E-state index in [9.17, 15) is 4.79 Å². The standard InChI is InChI=1S/C11H13IN2O2S/c12-9-5-2-1-4-8(9)10(16)14-11(17)13-6-3-7-15/h1-2,4-5,15H,3,6-7H2,(H2,13,14,16,17). The molecule has 0 heterocycles. The van der Waals surface area contributed by atoms with Gasteiger partial charge in [-0.05, 0) is 53.4 Å². The predicted octanol–water partition coefficient (Wildman–Crippen LogP) is 1.28. The highest BCUT2D eigenvalue weighted by Gasteiger charge is 2.10. The molecule has 4 nitrogen and oxygen atoms in total. The topological polar surface area (TPSA) is 61.4 Å². The molecule has 92 valence electrons. The third kappa shape index (κ3) is 4.97. The molecule has 0 aromatic heterocycles. The number of hydrogen-bond acceptors (Lipinski definition) is 3. The number of aliphatic hydroxyl groups excluding tert-OH is 1. The van der Waals surface area contributed by atoms with Crippen molar-refractivity contribution in [2.75, 3.05) is 13.2 Å². The van der Waals surface area contributed by atoms with Crippen LogP contribution >= 0.6 is 34.8 Å². The highest BCUT2D eigenvalue weighted by Crippen LogP contribution is 2.10. The Kier molecular flexibility index (Phi) is 6.38. The molecule has 0 saturated carbocycles. The molecule has 17 heavy (non-hydrogen) atoms. The molecule has 1 rings (SSSR count). The quantitative estimate of drug-likeness (QED) is 0.428. The first-order valence-corrected chi connectivity index (χ1v) is 6.58. The lowest BCUT2D eigenvalue weighted by Crippen LogP contribution is -2.40. The summed E-state index contributed by atoms with van der Waals surface area (Å²) in [5.74, 6) is -0.225. The zero-order chi connectivity index (χ0) is 12.7. The van der Waals surface area contributed by atoms with Gasteiger partial charge in [-0.25, -0.2) is 0 Å². The van der Waals surface area contributed by atoms with Crippen LogP contribution in [-0.2, 0) is 0 Å². The monoisotopic (exact) mass is 364 g/mol. The van der Waals surface area contributed by atoms with Gasteiger partial charge < -0.3 is 10.4 Å². The Morgan fingerprint density at radius 1 is 1.41 bits per heavy atom. The summed E-state index contributed by atoms with van der Waals surface area (Å²) in [6.07, 6.45) is 0.596. The SMILES string of the molecule is O=C(NC(=S)NCCCO)c1ccccc1I. The molecule has 0 spiro atoms. The largest absolute Gasteiger partial charge is 0.396 e. The summed E-state index contributed by atoms with van der Waals surface area (Å²) in [7, 11) is 0. The molecule has 0 aliphatic heterocycles. The highest BCUT2D eigenvalue weighted by atomic mass is 127. The fourth-order valence-corrected chi connectivity index (χ4v) is 1.97. The molecule has 1 amide bonds. The summed E-state index contributed by atoms with van der Waals surface area (Å²) in [6, 6.07) is 7.28. The summed E-state index contributed by atoms with van der Waals surface area (Å²) in [5, 5.41) is 14.3. The van der Waals surface area contributed by atoms with Gasteiger partial charge in [-0.15, -0.1) is 0 Å². The first kappa shape index (κ1) is 14.3. The summed E-state index contributed by atoms with van der Waals surface area (Å²) in [4.78, 5) is 11.8. The van der Waals surface area contributed by atoms with Crippen molar-refractivity contribution in [3.63, 3.8) is 0 Å². The van der Waals surface area contributed by atoms with E-state index in [1.54, 1.807) is 12.1 Å². The maximum Gasteiger partial charge on any atom is 0.258 e. The first-order chi connectivity index (χ1) is 8.15. The molecule has 0 aliphatic rings. The summed E-state index contributed by atoms with van der Waals surface area (Å²) in [5.41, 5.74) is 0.597. The number of carbonyl (C=O) groups excluding carboxylic acids is 1. The molecule has 0 atom stereocenters. The van der Waals surface area contributed by atoms with Gasteiger partial charge in [0, 0.05) is 16.7 Å². The first-order valence-electron chi connectivity index (χ1n) is 5.09. The number of aliphatic hydroxyl groups is 1. The van der Waals surface area contributed by atoms with Crippen LogP contribution in [0.3, 0.4) is 0 Å². The molecular weight excluding hydrogens is 351 g/mol. The molecule has 0 saturated heterocycles. The Labute approximate surface area is 119 Å². The van der Waals surface area contributed by atoms with E-state index < -0.39 is 0 Å². The van der Waals surface area contributed by atoms with Crippen LogP contribution in [0.15, 0.2) is 24.3 Å². The molecule has 1 aromatic rings.